The van der Waals surface area contributed by atoms with Crippen molar-refractivity contribution in [1.29, 1.82) is 0 Å². The molecular formula is C19H15F3N2O. The molecule has 0 bridgehead atoms. The maximum absolute atomic E-state index is 12.6. The lowest BCUT2D eigenvalue weighted by Gasteiger charge is -2.12. The molecule has 0 radical (unpaired) electrons. The van der Waals surface area contributed by atoms with Crippen LogP contribution in [0.5, 0.6) is 5.75 Å². The molecule has 0 fully saturated rings. The van der Waals surface area contributed by atoms with Crippen molar-refractivity contribution in [2.24, 2.45) is 0 Å². The van der Waals surface area contributed by atoms with E-state index in [0.717, 1.165) is 11.6 Å². The molecule has 2 N–H and O–H groups in total. The lowest BCUT2D eigenvalue weighted by molar-refractivity contribution is -0.141. The summed E-state index contributed by atoms with van der Waals surface area (Å²) in [4.78, 5) is 3.47. The lowest BCUT2D eigenvalue weighted by atomic mass is 10.1. The number of rotatable bonds is 4. The van der Waals surface area contributed by atoms with Gasteiger partial charge in [0.15, 0.2) is 0 Å². The van der Waals surface area contributed by atoms with Gasteiger partial charge >= 0.3 is 6.18 Å². The van der Waals surface area contributed by atoms with E-state index in [4.69, 9.17) is 10.5 Å². The maximum Gasteiger partial charge on any atom is 0.433 e. The second-order valence-electron chi connectivity index (χ2n) is 5.46. The van der Waals surface area contributed by atoms with Crippen molar-refractivity contribution < 1.29 is 17.9 Å². The largest absolute Gasteiger partial charge is 0.487 e. The minimum Gasteiger partial charge on any atom is -0.487 e. The van der Waals surface area contributed by atoms with Crippen molar-refractivity contribution in [2.75, 3.05) is 5.73 Å². The van der Waals surface area contributed by atoms with E-state index in [9.17, 15) is 13.2 Å². The first-order valence-corrected chi connectivity index (χ1v) is 7.53. The first kappa shape index (κ1) is 16.8. The van der Waals surface area contributed by atoms with Gasteiger partial charge in [-0.2, -0.15) is 13.2 Å². The Bertz CT molecular complexity index is 847. The Labute approximate surface area is 142 Å². The molecular weight excluding hydrogens is 329 g/mol. The van der Waals surface area contributed by atoms with Crippen LogP contribution in [0, 0.1) is 0 Å². The van der Waals surface area contributed by atoms with Crippen LogP contribution >= 0.6 is 0 Å². The van der Waals surface area contributed by atoms with Crippen LogP contribution in [-0.2, 0) is 12.8 Å². The number of alkyl halides is 3. The molecule has 0 aliphatic heterocycles. The number of benzene rings is 2. The third kappa shape index (κ3) is 4.09. The third-order valence-corrected chi connectivity index (χ3v) is 3.64. The highest BCUT2D eigenvalue weighted by Crippen LogP contribution is 2.32. The van der Waals surface area contributed by atoms with Gasteiger partial charge in [-0.25, -0.2) is 0 Å². The van der Waals surface area contributed by atoms with Crippen LogP contribution in [0.1, 0.15) is 11.3 Å². The van der Waals surface area contributed by atoms with Crippen molar-refractivity contribution >= 4 is 5.69 Å². The van der Waals surface area contributed by atoms with Crippen LogP contribution in [0.25, 0.3) is 11.1 Å². The zero-order valence-corrected chi connectivity index (χ0v) is 13.1. The molecule has 128 valence electrons. The predicted molar refractivity (Wildman–Crippen MR) is 89.9 cm³/mol. The van der Waals surface area contributed by atoms with Crippen molar-refractivity contribution in [3.05, 3.63) is 78.1 Å². The number of pyridine rings is 1. The second kappa shape index (κ2) is 6.84. The van der Waals surface area contributed by atoms with Crippen molar-refractivity contribution in [2.45, 2.75) is 12.8 Å². The quantitative estimate of drug-likeness (QED) is 0.683. The van der Waals surface area contributed by atoms with Gasteiger partial charge < -0.3 is 10.5 Å². The van der Waals surface area contributed by atoms with Crippen LogP contribution in [0.15, 0.2) is 66.9 Å². The van der Waals surface area contributed by atoms with E-state index in [2.05, 4.69) is 4.98 Å². The summed E-state index contributed by atoms with van der Waals surface area (Å²) >= 11 is 0. The molecule has 1 aromatic heterocycles. The number of nitrogen functional groups attached to an aromatic ring is 1. The average Bonchev–Trinajstić information content (AvgIpc) is 2.61. The number of anilines is 1. The number of hydrogen-bond donors (Lipinski definition) is 1. The first-order chi connectivity index (χ1) is 11.9. The number of halogens is 3. The smallest absolute Gasteiger partial charge is 0.433 e. The van der Waals surface area contributed by atoms with E-state index >= 15 is 0 Å². The summed E-state index contributed by atoms with van der Waals surface area (Å²) in [6.45, 7) is 0.347. The highest BCUT2D eigenvalue weighted by atomic mass is 19.4. The summed E-state index contributed by atoms with van der Waals surface area (Å²) in [5.41, 5.74) is 7.68. The molecule has 0 spiro atoms. The molecule has 25 heavy (non-hydrogen) atoms. The number of nitrogens with two attached hydrogens (primary N) is 1. The normalized spacial score (nSPS) is 11.3. The molecule has 1 heterocycles. The SMILES string of the molecule is Nc1ccc(-c2ccc(C(F)(F)F)nc2)cc1OCc1ccccc1. The monoisotopic (exact) mass is 344 g/mol. The van der Waals surface area contributed by atoms with Crippen LogP contribution in [0.2, 0.25) is 0 Å². The van der Waals surface area contributed by atoms with Gasteiger partial charge in [-0.1, -0.05) is 42.5 Å². The van der Waals surface area contributed by atoms with Crippen molar-refractivity contribution in [1.82, 2.24) is 4.98 Å². The molecule has 3 aromatic rings. The van der Waals surface area contributed by atoms with Gasteiger partial charge in [-0.15, -0.1) is 0 Å². The Morgan fingerprint density at radius 3 is 2.28 bits per heavy atom. The fourth-order valence-electron chi connectivity index (χ4n) is 2.31. The first-order valence-electron chi connectivity index (χ1n) is 7.53. The Morgan fingerprint density at radius 1 is 0.920 bits per heavy atom. The van der Waals surface area contributed by atoms with Gasteiger partial charge in [0.2, 0.25) is 0 Å². The molecule has 0 saturated carbocycles. The minimum atomic E-state index is -4.45. The van der Waals surface area contributed by atoms with E-state index in [1.807, 2.05) is 30.3 Å². The van der Waals surface area contributed by atoms with Crippen LogP contribution < -0.4 is 10.5 Å². The maximum atomic E-state index is 12.6. The molecule has 0 amide bonds. The minimum absolute atomic E-state index is 0.347. The predicted octanol–water partition coefficient (Wildman–Crippen LogP) is 4.93. The van der Waals surface area contributed by atoms with Crippen LogP contribution in [0.3, 0.4) is 0 Å². The molecule has 6 heteroatoms. The number of nitrogens with zero attached hydrogens (tertiary/aromatic N) is 1. The Balaban J connectivity index is 1.81. The molecule has 3 nitrogen and oxygen atoms in total. The lowest BCUT2D eigenvalue weighted by Crippen LogP contribution is -2.07. The van der Waals surface area contributed by atoms with Crippen molar-refractivity contribution in [3.63, 3.8) is 0 Å². The molecule has 0 aliphatic carbocycles. The van der Waals surface area contributed by atoms with Gasteiger partial charge in [-0.3, -0.25) is 4.98 Å². The van der Waals surface area contributed by atoms with Crippen molar-refractivity contribution in [3.8, 4) is 16.9 Å². The fourth-order valence-corrected chi connectivity index (χ4v) is 2.31. The van der Waals surface area contributed by atoms with E-state index in [0.29, 0.717) is 29.2 Å². The summed E-state index contributed by atoms with van der Waals surface area (Å²) < 4.78 is 43.5. The molecule has 0 atom stereocenters. The third-order valence-electron chi connectivity index (χ3n) is 3.64. The number of aromatic nitrogens is 1. The van der Waals surface area contributed by atoms with E-state index < -0.39 is 11.9 Å². The molecule has 0 unspecified atom stereocenters. The number of ether oxygens (including phenoxy) is 1. The Kier molecular flexibility index (Phi) is 4.61. The summed E-state index contributed by atoms with van der Waals surface area (Å²) in [6, 6.07) is 17.0. The van der Waals surface area contributed by atoms with Gasteiger partial charge in [-0.05, 0) is 29.3 Å². The molecule has 0 saturated heterocycles. The highest BCUT2D eigenvalue weighted by Gasteiger charge is 2.32. The Hall–Kier alpha value is -3.02. The van der Waals surface area contributed by atoms with E-state index in [-0.39, 0.29) is 0 Å². The summed E-state index contributed by atoms with van der Waals surface area (Å²) in [5, 5.41) is 0. The summed E-state index contributed by atoms with van der Waals surface area (Å²) in [6.07, 6.45) is -3.26. The van der Waals surface area contributed by atoms with Gasteiger partial charge in [0.25, 0.3) is 0 Å². The van der Waals surface area contributed by atoms with Crippen LogP contribution in [-0.4, -0.2) is 4.98 Å². The second-order valence-corrected chi connectivity index (χ2v) is 5.46. The van der Waals surface area contributed by atoms with Gasteiger partial charge in [0.05, 0.1) is 5.69 Å². The van der Waals surface area contributed by atoms with Gasteiger partial charge in [0, 0.05) is 11.8 Å². The highest BCUT2D eigenvalue weighted by molar-refractivity contribution is 5.69. The van der Waals surface area contributed by atoms with E-state index in [1.54, 1.807) is 18.2 Å². The van der Waals surface area contributed by atoms with Gasteiger partial charge in [0.1, 0.15) is 18.1 Å². The molecule has 0 aliphatic rings. The molecule has 3 rings (SSSR count). The zero-order valence-electron chi connectivity index (χ0n) is 13.1. The number of hydrogen-bond acceptors (Lipinski definition) is 3. The average molecular weight is 344 g/mol. The fraction of sp³-hybridized carbons (Fsp3) is 0.105. The standard InChI is InChI=1S/C19H15F3N2O/c20-19(21,22)18-9-7-15(11-24-18)14-6-8-16(23)17(10-14)25-12-13-4-2-1-3-5-13/h1-11H,12,23H2. The Morgan fingerprint density at radius 2 is 1.64 bits per heavy atom. The zero-order chi connectivity index (χ0) is 17.9. The summed E-state index contributed by atoms with van der Waals surface area (Å²) in [5.74, 6) is 0.473. The molecule has 2 aromatic carbocycles. The summed E-state index contributed by atoms with van der Waals surface area (Å²) in [7, 11) is 0. The topological polar surface area (TPSA) is 48.1 Å². The van der Waals surface area contributed by atoms with E-state index in [1.165, 1.54) is 12.3 Å². The van der Waals surface area contributed by atoms with Crippen LogP contribution in [0.4, 0.5) is 18.9 Å².